The van der Waals surface area contributed by atoms with Crippen LogP contribution in [-0.2, 0) is 5.54 Å². The molecular formula is C15H18ClN5O4S. The molecule has 2 N–H and O–H groups in total. The summed E-state index contributed by atoms with van der Waals surface area (Å²) in [6.45, 7) is 0.556. The largest absolute Gasteiger partial charge is 0.337 e. The minimum atomic E-state index is -0.510. The van der Waals surface area contributed by atoms with Crippen LogP contribution in [0.2, 0.25) is 0 Å². The lowest BCUT2D eigenvalue weighted by molar-refractivity contribution is -0.380. The molecule has 0 bridgehead atoms. The second kappa shape index (κ2) is 6.93. The van der Waals surface area contributed by atoms with Gasteiger partial charge in [-0.05, 0) is 38.2 Å². The van der Waals surface area contributed by atoms with E-state index in [0.29, 0.717) is 23.1 Å². The number of carbonyl (C=O) groups excluding carboxylic acids is 1. The van der Waals surface area contributed by atoms with Gasteiger partial charge in [-0.3, -0.25) is 14.9 Å². The maximum Gasteiger partial charge on any atom is 0.324 e. The molecule has 9 nitrogen and oxygen atoms in total. The molecule has 1 aliphatic carbocycles. The van der Waals surface area contributed by atoms with Crippen molar-refractivity contribution >= 4 is 34.7 Å². The summed E-state index contributed by atoms with van der Waals surface area (Å²) in [7, 11) is 0. The number of nitrogens with zero attached hydrogens (tertiary/aromatic N) is 4. The summed E-state index contributed by atoms with van der Waals surface area (Å²) in [6.07, 6.45) is 4.25. The van der Waals surface area contributed by atoms with Crippen LogP contribution in [0.25, 0.3) is 0 Å². The molecule has 26 heavy (non-hydrogen) atoms. The Morgan fingerprint density at radius 3 is 2.81 bits per heavy atom. The van der Waals surface area contributed by atoms with E-state index in [-0.39, 0.29) is 29.4 Å². The number of thiophene rings is 1. The minimum absolute atomic E-state index is 0. The smallest absolute Gasteiger partial charge is 0.324 e. The van der Waals surface area contributed by atoms with Crippen molar-refractivity contribution in [1.29, 1.82) is 0 Å². The molecule has 1 unspecified atom stereocenters. The zero-order chi connectivity index (χ0) is 17.6. The van der Waals surface area contributed by atoms with Gasteiger partial charge in [0.05, 0.1) is 15.3 Å². The van der Waals surface area contributed by atoms with E-state index in [4.69, 9.17) is 10.3 Å². The number of hydrogen-bond acceptors (Lipinski definition) is 8. The van der Waals surface area contributed by atoms with E-state index >= 15 is 0 Å². The van der Waals surface area contributed by atoms with Crippen molar-refractivity contribution in [3.05, 3.63) is 38.8 Å². The van der Waals surface area contributed by atoms with Crippen molar-refractivity contribution in [2.24, 2.45) is 5.73 Å². The number of rotatable bonds is 4. The van der Waals surface area contributed by atoms with Gasteiger partial charge in [0.1, 0.15) is 6.04 Å². The fourth-order valence-corrected chi connectivity index (χ4v) is 4.08. The molecule has 1 saturated carbocycles. The molecule has 3 heterocycles. The molecule has 1 amide bonds. The average Bonchev–Trinajstić information content (AvgIpc) is 3.30. The third-order valence-electron chi connectivity index (χ3n) is 4.91. The Hall–Kier alpha value is -2.04. The summed E-state index contributed by atoms with van der Waals surface area (Å²) in [5, 5.41) is 14.8. The molecule has 1 aliphatic heterocycles. The van der Waals surface area contributed by atoms with Gasteiger partial charge in [0.15, 0.2) is 5.82 Å². The zero-order valence-corrected chi connectivity index (χ0v) is 15.4. The average molecular weight is 400 g/mol. The van der Waals surface area contributed by atoms with E-state index in [9.17, 15) is 14.9 Å². The highest BCUT2D eigenvalue weighted by Crippen LogP contribution is 2.39. The number of likely N-dealkylation sites (tertiary alicyclic amines) is 1. The lowest BCUT2D eigenvalue weighted by Crippen LogP contribution is -2.44. The Balaban J connectivity index is 0.00000196. The number of carbonyl (C=O) groups is 1. The molecule has 0 spiro atoms. The molecule has 0 radical (unpaired) electrons. The van der Waals surface area contributed by atoms with Crippen molar-refractivity contribution in [2.45, 2.75) is 43.7 Å². The fourth-order valence-electron chi connectivity index (χ4n) is 3.30. The monoisotopic (exact) mass is 399 g/mol. The first kappa shape index (κ1) is 18.7. The Labute approximate surface area is 159 Å². The number of amides is 1. The van der Waals surface area contributed by atoms with Crippen LogP contribution in [0, 0.1) is 10.1 Å². The summed E-state index contributed by atoms with van der Waals surface area (Å²) in [5.41, 5.74) is 5.71. The first-order chi connectivity index (χ1) is 12.0. The zero-order valence-electron chi connectivity index (χ0n) is 13.8. The van der Waals surface area contributed by atoms with E-state index in [0.717, 1.165) is 43.4 Å². The normalized spacial score (nSPS) is 21.1. The Kier molecular flexibility index (Phi) is 5.00. The van der Waals surface area contributed by atoms with E-state index in [1.165, 1.54) is 12.1 Å². The lowest BCUT2D eigenvalue weighted by Gasteiger charge is -2.34. The molecule has 11 heteroatoms. The van der Waals surface area contributed by atoms with Crippen LogP contribution in [0.1, 0.15) is 59.5 Å². The SMILES string of the molecule is Cl.NC1(c2noc(C3CCCN3C(=O)c3ccc([N+](=O)[O-])s3)n2)CCC1. The maximum atomic E-state index is 12.7. The van der Waals surface area contributed by atoms with Crippen LogP contribution >= 0.6 is 23.7 Å². The number of nitrogens with two attached hydrogens (primary N) is 1. The third-order valence-corrected chi connectivity index (χ3v) is 5.94. The Morgan fingerprint density at radius 2 is 2.19 bits per heavy atom. The predicted molar refractivity (Wildman–Crippen MR) is 95.2 cm³/mol. The first-order valence-corrected chi connectivity index (χ1v) is 8.98. The van der Waals surface area contributed by atoms with Crippen molar-refractivity contribution in [2.75, 3.05) is 6.54 Å². The van der Waals surface area contributed by atoms with Crippen molar-refractivity contribution in [3.63, 3.8) is 0 Å². The van der Waals surface area contributed by atoms with Gasteiger partial charge in [-0.1, -0.05) is 16.5 Å². The summed E-state index contributed by atoms with van der Waals surface area (Å²) in [6, 6.07) is 2.53. The molecule has 140 valence electrons. The van der Waals surface area contributed by atoms with Crippen LogP contribution < -0.4 is 5.73 Å². The second-order valence-corrected chi connectivity index (χ2v) is 7.58. The highest BCUT2D eigenvalue weighted by atomic mass is 35.5. The molecule has 0 aromatic carbocycles. The van der Waals surface area contributed by atoms with Gasteiger partial charge < -0.3 is 15.2 Å². The highest BCUT2D eigenvalue weighted by molar-refractivity contribution is 7.17. The van der Waals surface area contributed by atoms with E-state index in [1.54, 1.807) is 4.90 Å². The fraction of sp³-hybridized carbons (Fsp3) is 0.533. The van der Waals surface area contributed by atoms with Gasteiger partial charge in [0.25, 0.3) is 5.91 Å². The molecule has 2 aliphatic rings. The lowest BCUT2D eigenvalue weighted by atomic mass is 9.77. The topological polar surface area (TPSA) is 128 Å². The molecule has 1 atom stereocenters. The van der Waals surface area contributed by atoms with Gasteiger partial charge in [0.2, 0.25) is 5.89 Å². The summed E-state index contributed by atoms with van der Waals surface area (Å²) >= 11 is 0.878. The summed E-state index contributed by atoms with van der Waals surface area (Å²) in [5.74, 6) is 0.648. The van der Waals surface area contributed by atoms with E-state index < -0.39 is 10.5 Å². The van der Waals surface area contributed by atoms with Crippen LogP contribution in [0.4, 0.5) is 5.00 Å². The van der Waals surface area contributed by atoms with Crippen LogP contribution in [0.5, 0.6) is 0 Å². The molecule has 4 rings (SSSR count). The van der Waals surface area contributed by atoms with Gasteiger partial charge in [-0.25, -0.2) is 0 Å². The maximum absolute atomic E-state index is 12.7. The minimum Gasteiger partial charge on any atom is -0.337 e. The number of hydrogen-bond donors (Lipinski definition) is 1. The van der Waals surface area contributed by atoms with Crippen molar-refractivity contribution < 1.29 is 14.2 Å². The van der Waals surface area contributed by atoms with Crippen LogP contribution in [0.3, 0.4) is 0 Å². The summed E-state index contributed by atoms with van der Waals surface area (Å²) < 4.78 is 5.39. The van der Waals surface area contributed by atoms with Crippen LogP contribution in [-0.4, -0.2) is 32.4 Å². The van der Waals surface area contributed by atoms with Gasteiger partial charge in [0, 0.05) is 12.6 Å². The Morgan fingerprint density at radius 1 is 1.42 bits per heavy atom. The third kappa shape index (κ3) is 3.08. The quantitative estimate of drug-likeness (QED) is 0.618. The van der Waals surface area contributed by atoms with Gasteiger partial charge >= 0.3 is 5.00 Å². The highest BCUT2D eigenvalue weighted by Gasteiger charge is 2.41. The molecular weight excluding hydrogens is 382 g/mol. The number of aromatic nitrogens is 2. The van der Waals surface area contributed by atoms with E-state index in [1.807, 2.05) is 0 Å². The van der Waals surface area contributed by atoms with E-state index in [2.05, 4.69) is 10.1 Å². The number of halogens is 1. The standard InChI is InChI=1S/C15H17N5O4S.ClH/c16-15(6-2-7-15)14-17-12(24-18-14)9-3-1-8-19(9)13(21)10-4-5-11(25-10)20(22)23;/h4-5,9H,1-3,6-8,16H2;1H. The molecule has 2 aromatic rings. The molecule has 2 aromatic heterocycles. The van der Waals surface area contributed by atoms with Gasteiger partial charge in [-0.2, -0.15) is 4.98 Å². The second-order valence-electron chi connectivity index (χ2n) is 6.52. The van der Waals surface area contributed by atoms with Crippen molar-refractivity contribution in [3.8, 4) is 0 Å². The van der Waals surface area contributed by atoms with Crippen molar-refractivity contribution in [1.82, 2.24) is 15.0 Å². The number of nitro groups is 1. The van der Waals surface area contributed by atoms with Crippen LogP contribution in [0.15, 0.2) is 16.7 Å². The first-order valence-electron chi connectivity index (χ1n) is 8.16. The molecule has 1 saturated heterocycles. The Bertz CT molecular complexity index is 834. The van der Waals surface area contributed by atoms with Gasteiger partial charge in [-0.15, -0.1) is 12.4 Å². The molecule has 2 fully saturated rings. The summed E-state index contributed by atoms with van der Waals surface area (Å²) in [4.78, 5) is 29.5. The predicted octanol–water partition coefficient (Wildman–Crippen LogP) is 2.78.